The molecule has 0 bridgehead atoms. The maximum absolute atomic E-state index is 12.0. The van der Waals surface area contributed by atoms with Crippen LogP contribution in [0.1, 0.15) is 11.7 Å². The minimum absolute atomic E-state index is 0.0613. The second kappa shape index (κ2) is 6.32. The highest BCUT2D eigenvalue weighted by molar-refractivity contribution is 6.30. The van der Waals surface area contributed by atoms with Crippen LogP contribution in [0.2, 0.25) is 5.02 Å². The predicted octanol–water partition coefficient (Wildman–Crippen LogP) is 2.96. The van der Waals surface area contributed by atoms with Crippen LogP contribution in [0.5, 0.6) is 0 Å². The van der Waals surface area contributed by atoms with Crippen LogP contribution >= 0.6 is 11.6 Å². The summed E-state index contributed by atoms with van der Waals surface area (Å²) >= 11 is 5.77. The van der Waals surface area contributed by atoms with Gasteiger partial charge in [0.1, 0.15) is 6.10 Å². The Kier molecular flexibility index (Phi) is 4.50. The van der Waals surface area contributed by atoms with Crippen molar-refractivity contribution in [1.29, 1.82) is 0 Å². The molecule has 0 saturated carbocycles. The predicted molar refractivity (Wildman–Crippen MR) is 78.4 cm³/mol. The van der Waals surface area contributed by atoms with Gasteiger partial charge in [0.2, 0.25) is 0 Å². The zero-order chi connectivity index (χ0) is 14.5. The first-order valence-corrected chi connectivity index (χ1v) is 6.29. The topological polar surface area (TPSA) is 62.2 Å². The Morgan fingerprint density at radius 1 is 1.20 bits per heavy atom. The van der Waals surface area contributed by atoms with E-state index in [-0.39, 0.29) is 5.57 Å². The molecule has 2 rings (SSSR count). The third-order valence-corrected chi connectivity index (χ3v) is 3.00. The summed E-state index contributed by atoms with van der Waals surface area (Å²) in [5.74, 6) is -0.448. The minimum Gasteiger partial charge on any atom is -0.383 e. The number of amides is 1. The molecule has 0 aliphatic rings. The molecule has 2 N–H and O–H groups in total. The van der Waals surface area contributed by atoms with Gasteiger partial charge in [-0.05, 0) is 42.0 Å². The second-order valence-corrected chi connectivity index (χ2v) is 4.61. The van der Waals surface area contributed by atoms with Crippen LogP contribution in [0, 0.1) is 0 Å². The van der Waals surface area contributed by atoms with Gasteiger partial charge in [0.15, 0.2) is 0 Å². The highest BCUT2D eigenvalue weighted by atomic mass is 35.5. The van der Waals surface area contributed by atoms with Crippen molar-refractivity contribution in [3.8, 4) is 0 Å². The number of hydrogen-bond acceptors (Lipinski definition) is 3. The van der Waals surface area contributed by atoms with Crippen LogP contribution < -0.4 is 5.32 Å². The number of aliphatic hydroxyl groups is 1. The van der Waals surface area contributed by atoms with E-state index in [1.54, 1.807) is 48.8 Å². The molecule has 2 aromatic rings. The van der Waals surface area contributed by atoms with Gasteiger partial charge in [0.05, 0.1) is 0 Å². The lowest BCUT2D eigenvalue weighted by Crippen LogP contribution is -2.18. The highest BCUT2D eigenvalue weighted by Gasteiger charge is 2.18. The van der Waals surface area contributed by atoms with E-state index in [9.17, 15) is 9.90 Å². The number of aliphatic hydroxyl groups excluding tert-OH is 1. The minimum atomic E-state index is -1.06. The van der Waals surface area contributed by atoms with Gasteiger partial charge in [0.25, 0.3) is 5.91 Å². The van der Waals surface area contributed by atoms with E-state index in [0.717, 1.165) is 0 Å². The van der Waals surface area contributed by atoms with Gasteiger partial charge in [-0.3, -0.25) is 9.78 Å². The number of pyridine rings is 1. The summed E-state index contributed by atoms with van der Waals surface area (Å²) in [5.41, 5.74) is 1.21. The van der Waals surface area contributed by atoms with Crippen molar-refractivity contribution in [2.45, 2.75) is 6.10 Å². The van der Waals surface area contributed by atoms with Gasteiger partial charge in [0, 0.05) is 28.7 Å². The van der Waals surface area contributed by atoms with Crippen molar-refractivity contribution in [3.63, 3.8) is 0 Å². The number of hydrogen-bond donors (Lipinski definition) is 2. The monoisotopic (exact) mass is 288 g/mol. The molecule has 1 unspecified atom stereocenters. The number of nitrogens with one attached hydrogen (secondary N) is 1. The van der Waals surface area contributed by atoms with Gasteiger partial charge in [-0.15, -0.1) is 0 Å². The summed E-state index contributed by atoms with van der Waals surface area (Å²) in [6.07, 6.45) is 2.02. The van der Waals surface area contributed by atoms with Crippen LogP contribution in [-0.2, 0) is 4.79 Å². The fourth-order valence-corrected chi connectivity index (χ4v) is 1.74. The zero-order valence-corrected chi connectivity index (χ0v) is 11.3. The average molecular weight is 289 g/mol. The largest absolute Gasteiger partial charge is 0.383 e. The average Bonchev–Trinajstić information content (AvgIpc) is 2.49. The molecular weight excluding hydrogens is 276 g/mol. The number of aromatic nitrogens is 1. The summed E-state index contributed by atoms with van der Waals surface area (Å²) < 4.78 is 0. The number of anilines is 1. The van der Waals surface area contributed by atoms with Crippen molar-refractivity contribution < 1.29 is 9.90 Å². The Hall–Kier alpha value is -2.17. The first-order valence-electron chi connectivity index (χ1n) is 5.91. The van der Waals surface area contributed by atoms with Crippen molar-refractivity contribution in [2.75, 3.05) is 5.32 Å². The Bertz CT molecular complexity index is 612. The number of halogens is 1. The number of benzene rings is 1. The van der Waals surface area contributed by atoms with Crippen molar-refractivity contribution in [1.82, 2.24) is 4.98 Å². The number of rotatable bonds is 4. The van der Waals surface area contributed by atoms with E-state index in [4.69, 9.17) is 11.6 Å². The molecule has 5 heteroatoms. The van der Waals surface area contributed by atoms with Crippen LogP contribution in [0.4, 0.5) is 5.69 Å². The summed E-state index contributed by atoms with van der Waals surface area (Å²) in [6.45, 7) is 3.64. The van der Waals surface area contributed by atoms with Gasteiger partial charge in [-0.25, -0.2) is 0 Å². The summed E-state index contributed by atoms with van der Waals surface area (Å²) in [6, 6.07) is 9.94. The normalized spacial score (nSPS) is 11.7. The summed E-state index contributed by atoms with van der Waals surface area (Å²) in [7, 11) is 0. The number of nitrogens with zero attached hydrogens (tertiary/aromatic N) is 1. The molecule has 1 amide bonds. The first kappa shape index (κ1) is 14.2. The molecule has 20 heavy (non-hydrogen) atoms. The molecule has 0 spiro atoms. The lowest BCUT2D eigenvalue weighted by Gasteiger charge is -2.14. The molecule has 0 aliphatic heterocycles. The molecule has 1 aromatic heterocycles. The SMILES string of the molecule is C=C(C(=O)Nc1ccc(Cl)cc1)C(O)c1ccncc1. The van der Waals surface area contributed by atoms with Gasteiger partial charge >= 0.3 is 0 Å². The number of carbonyl (C=O) groups is 1. The van der Waals surface area contributed by atoms with Crippen molar-refractivity contribution >= 4 is 23.2 Å². The Morgan fingerprint density at radius 3 is 2.40 bits per heavy atom. The Morgan fingerprint density at radius 2 is 1.80 bits per heavy atom. The molecule has 4 nitrogen and oxygen atoms in total. The van der Waals surface area contributed by atoms with E-state index in [0.29, 0.717) is 16.3 Å². The molecule has 0 radical (unpaired) electrons. The van der Waals surface area contributed by atoms with E-state index in [2.05, 4.69) is 16.9 Å². The zero-order valence-electron chi connectivity index (χ0n) is 10.6. The maximum atomic E-state index is 12.0. The standard InChI is InChI=1S/C15H13ClN2O2/c1-10(14(19)11-6-8-17-9-7-11)15(20)18-13-4-2-12(16)3-5-13/h2-9,14,19H,1H2,(H,18,20). The molecule has 1 atom stereocenters. The maximum Gasteiger partial charge on any atom is 0.253 e. The quantitative estimate of drug-likeness (QED) is 0.850. The van der Waals surface area contributed by atoms with Crippen molar-refractivity contribution in [2.24, 2.45) is 0 Å². The van der Waals surface area contributed by atoms with E-state index in [1.165, 1.54) is 0 Å². The third-order valence-electron chi connectivity index (χ3n) is 2.75. The van der Waals surface area contributed by atoms with Crippen LogP contribution in [0.3, 0.4) is 0 Å². The second-order valence-electron chi connectivity index (χ2n) is 4.17. The Balaban J connectivity index is 2.05. The first-order chi connectivity index (χ1) is 9.58. The Labute approximate surface area is 121 Å². The smallest absolute Gasteiger partial charge is 0.253 e. The van der Waals surface area contributed by atoms with E-state index in [1.807, 2.05) is 0 Å². The molecule has 102 valence electrons. The van der Waals surface area contributed by atoms with E-state index < -0.39 is 12.0 Å². The lowest BCUT2D eigenvalue weighted by molar-refractivity contribution is -0.113. The van der Waals surface area contributed by atoms with Crippen LogP contribution in [0.25, 0.3) is 0 Å². The fourth-order valence-electron chi connectivity index (χ4n) is 1.62. The highest BCUT2D eigenvalue weighted by Crippen LogP contribution is 2.21. The van der Waals surface area contributed by atoms with E-state index >= 15 is 0 Å². The lowest BCUT2D eigenvalue weighted by atomic mass is 10.0. The summed E-state index contributed by atoms with van der Waals surface area (Å²) in [5, 5.41) is 13.3. The van der Waals surface area contributed by atoms with Crippen LogP contribution in [-0.4, -0.2) is 16.0 Å². The number of carbonyl (C=O) groups excluding carboxylic acids is 1. The summed E-state index contributed by atoms with van der Waals surface area (Å²) in [4.78, 5) is 15.8. The van der Waals surface area contributed by atoms with Gasteiger partial charge in [-0.2, -0.15) is 0 Å². The molecule has 1 aromatic carbocycles. The molecule has 1 heterocycles. The van der Waals surface area contributed by atoms with Gasteiger partial charge in [-0.1, -0.05) is 18.2 Å². The molecule has 0 fully saturated rings. The fraction of sp³-hybridized carbons (Fsp3) is 0.0667. The van der Waals surface area contributed by atoms with Crippen LogP contribution in [0.15, 0.2) is 60.9 Å². The third kappa shape index (κ3) is 3.44. The molecule has 0 aliphatic carbocycles. The molecular formula is C15H13ClN2O2. The van der Waals surface area contributed by atoms with Crippen molar-refractivity contribution in [3.05, 3.63) is 71.5 Å². The molecule has 0 saturated heterocycles. The van der Waals surface area contributed by atoms with Gasteiger partial charge < -0.3 is 10.4 Å².